The lowest BCUT2D eigenvalue weighted by Gasteiger charge is -2.10. The number of nitrogens with two attached hydrogens (primary N) is 1. The van der Waals surface area contributed by atoms with E-state index >= 15 is 0 Å². The maximum Gasteiger partial charge on any atom is 0.366 e. The van der Waals surface area contributed by atoms with E-state index in [9.17, 15) is 9.59 Å². The van der Waals surface area contributed by atoms with Crippen LogP contribution in [0.1, 0.15) is 0 Å². The second-order valence-corrected chi connectivity index (χ2v) is 1.68. The van der Waals surface area contributed by atoms with E-state index in [2.05, 4.69) is 5.73 Å². The van der Waals surface area contributed by atoms with E-state index in [1.807, 2.05) is 0 Å². The fraction of sp³-hybridized carbons (Fsp3) is 0. The highest BCUT2D eigenvalue weighted by Crippen LogP contribution is 1.88. The summed E-state index contributed by atoms with van der Waals surface area (Å²) < 4.78 is 0.287. The average Bonchev–Trinajstić information content (AvgIpc) is 1.85. The van der Waals surface area contributed by atoms with E-state index in [1.54, 1.807) is 10.3 Å². The Hall–Kier alpha value is -0.880. The molecule has 0 unspecified atom stereocenters. The number of nitrogens with one attached hydrogen (secondary N) is 2. The molecule has 4 N–H and O–H groups in total. The predicted octanol–water partition coefficient (Wildman–Crippen LogP) is -0.111. The van der Waals surface area contributed by atoms with Gasteiger partial charge in [0.1, 0.15) is 0 Å². The molecule has 0 spiro atoms. The number of carbonyl (C=O) groups is 2. The van der Waals surface area contributed by atoms with Crippen molar-refractivity contribution in [3.05, 3.63) is 0 Å². The van der Waals surface area contributed by atoms with E-state index < -0.39 is 12.1 Å². The lowest BCUT2D eigenvalue weighted by atomic mass is 11.1. The molecule has 0 bridgehead atoms. The SMILES string of the molecule is NC(=O)NN(Cl)C(=O)NCl. The second-order valence-electron chi connectivity index (χ2n) is 1.16. The average molecular weight is 187 g/mol. The number of halogens is 2. The molecule has 0 saturated heterocycles. The van der Waals surface area contributed by atoms with E-state index in [-0.39, 0.29) is 4.53 Å². The second kappa shape index (κ2) is 4.02. The fourth-order valence-corrected chi connectivity index (χ4v) is 0.438. The Morgan fingerprint density at radius 1 is 1.50 bits per heavy atom. The molecule has 10 heavy (non-hydrogen) atoms. The van der Waals surface area contributed by atoms with Crippen molar-refractivity contribution in [2.75, 3.05) is 0 Å². The molecule has 0 aliphatic rings. The van der Waals surface area contributed by atoms with Crippen LogP contribution in [0.4, 0.5) is 9.59 Å². The van der Waals surface area contributed by atoms with Crippen molar-refractivity contribution >= 4 is 35.6 Å². The zero-order valence-electron chi connectivity index (χ0n) is 4.60. The van der Waals surface area contributed by atoms with E-state index in [1.165, 1.54) is 0 Å². The summed E-state index contributed by atoms with van der Waals surface area (Å²) >= 11 is 9.86. The molecule has 0 aliphatic heterocycles. The van der Waals surface area contributed by atoms with Crippen LogP contribution in [0.25, 0.3) is 0 Å². The first-order valence-corrected chi connectivity index (χ1v) is 2.72. The number of carbonyl (C=O) groups excluding carboxylic acids is 2. The summed E-state index contributed by atoms with van der Waals surface area (Å²) in [5.41, 5.74) is 6.32. The Morgan fingerprint density at radius 2 is 2.00 bits per heavy atom. The molecule has 4 amide bonds. The quantitative estimate of drug-likeness (QED) is 0.365. The summed E-state index contributed by atoms with van der Waals surface area (Å²) in [4.78, 5) is 21.9. The smallest absolute Gasteiger partial charge is 0.350 e. The van der Waals surface area contributed by atoms with Crippen LogP contribution in [0.15, 0.2) is 0 Å². The Kier molecular flexibility index (Phi) is 3.67. The van der Waals surface area contributed by atoms with E-state index in [0.29, 0.717) is 0 Å². The molecule has 0 aliphatic carbocycles. The third kappa shape index (κ3) is 3.21. The van der Waals surface area contributed by atoms with E-state index in [0.717, 1.165) is 0 Å². The molecule has 0 aromatic heterocycles. The number of amides is 4. The largest absolute Gasteiger partial charge is 0.366 e. The first kappa shape index (κ1) is 9.12. The van der Waals surface area contributed by atoms with Crippen LogP contribution in [0, 0.1) is 0 Å². The third-order valence-corrected chi connectivity index (χ3v) is 0.867. The van der Waals surface area contributed by atoms with Gasteiger partial charge in [0.05, 0.1) is 0 Å². The van der Waals surface area contributed by atoms with Gasteiger partial charge in [-0.2, -0.15) is 0 Å². The van der Waals surface area contributed by atoms with Crippen molar-refractivity contribution in [2.45, 2.75) is 0 Å². The number of hydrogen-bond acceptors (Lipinski definition) is 2. The minimum Gasteiger partial charge on any atom is -0.350 e. The molecule has 0 rings (SSSR count). The van der Waals surface area contributed by atoms with Crippen molar-refractivity contribution in [3.63, 3.8) is 0 Å². The molecule has 0 heterocycles. The van der Waals surface area contributed by atoms with Gasteiger partial charge in [-0.1, -0.05) is 0 Å². The number of urea groups is 2. The molecule has 0 aromatic rings. The van der Waals surface area contributed by atoms with Crippen molar-refractivity contribution in [3.8, 4) is 0 Å². The summed E-state index contributed by atoms with van der Waals surface area (Å²) in [5, 5.41) is 0. The summed E-state index contributed by atoms with van der Waals surface area (Å²) in [7, 11) is 0. The Balaban J connectivity index is 3.72. The molecule has 0 saturated carbocycles. The number of hydrazine groups is 1. The van der Waals surface area contributed by atoms with Gasteiger partial charge in [0.25, 0.3) is 0 Å². The standard InChI is InChI=1S/C2H4Cl2N4O2/c3-6-2(10)8(4)7-1(5)9/h(H,6,10)(H3,5,7,9). The molecule has 0 atom stereocenters. The highest BCUT2D eigenvalue weighted by molar-refractivity contribution is 6.27. The van der Waals surface area contributed by atoms with Crippen molar-refractivity contribution in [2.24, 2.45) is 5.73 Å². The van der Waals surface area contributed by atoms with Gasteiger partial charge >= 0.3 is 12.1 Å². The van der Waals surface area contributed by atoms with Crippen LogP contribution in [0.5, 0.6) is 0 Å². The topological polar surface area (TPSA) is 87.5 Å². The van der Waals surface area contributed by atoms with E-state index in [4.69, 9.17) is 23.6 Å². The lowest BCUT2D eigenvalue weighted by Crippen LogP contribution is -2.45. The number of hydrogen-bond donors (Lipinski definition) is 3. The molecule has 0 fully saturated rings. The Labute approximate surface area is 66.4 Å². The van der Waals surface area contributed by atoms with Gasteiger partial charge in [-0.25, -0.2) is 19.9 Å². The minimum absolute atomic E-state index is 0.287. The number of rotatable bonds is 0. The zero-order chi connectivity index (χ0) is 8.15. The normalized spacial score (nSPS) is 8.20. The van der Waals surface area contributed by atoms with Gasteiger partial charge in [-0.3, -0.25) is 0 Å². The highest BCUT2D eigenvalue weighted by Gasteiger charge is 2.09. The van der Waals surface area contributed by atoms with Gasteiger partial charge in [0.15, 0.2) is 0 Å². The van der Waals surface area contributed by atoms with Crippen LogP contribution in [0.3, 0.4) is 0 Å². The minimum atomic E-state index is -0.963. The first-order valence-electron chi connectivity index (χ1n) is 2.00. The van der Waals surface area contributed by atoms with Crippen LogP contribution >= 0.6 is 23.6 Å². The summed E-state index contributed by atoms with van der Waals surface area (Å²) in [5.74, 6) is 0. The van der Waals surface area contributed by atoms with Gasteiger partial charge in [-0.15, -0.1) is 4.53 Å². The van der Waals surface area contributed by atoms with Gasteiger partial charge in [0, 0.05) is 23.6 Å². The first-order chi connectivity index (χ1) is 4.57. The summed E-state index contributed by atoms with van der Waals surface area (Å²) in [6.07, 6.45) is 0. The van der Waals surface area contributed by atoms with Crippen LogP contribution in [-0.2, 0) is 0 Å². The van der Waals surface area contributed by atoms with Crippen molar-refractivity contribution < 1.29 is 9.59 Å². The van der Waals surface area contributed by atoms with Gasteiger partial charge in [-0.05, 0) is 0 Å². The summed E-state index contributed by atoms with van der Waals surface area (Å²) in [6.45, 7) is 0. The molecule has 6 nitrogen and oxygen atoms in total. The van der Waals surface area contributed by atoms with Crippen molar-refractivity contribution in [1.29, 1.82) is 0 Å². The van der Waals surface area contributed by atoms with Gasteiger partial charge < -0.3 is 5.73 Å². The van der Waals surface area contributed by atoms with Crippen LogP contribution in [0.2, 0.25) is 0 Å². The predicted molar refractivity (Wildman–Crippen MR) is 34.8 cm³/mol. The lowest BCUT2D eigenvalue weighted by molar-refractivity contribution is 0.209. The molecule has 0 radical (unpaired) electrons. The molecule has 0 aromatic carbocycles. The molecular weight excluding hydrogens is 183 g/mol. The van der Waals surface area contributed by atoms with Crippen LogP contribution in [-0.4, -0.2) is 16.6 Å². The maximum atomic E-state index is 10.3. The highest BCUT2D eigenvalue weighted by atomic mass is 35.5. The molecular formula is C2H4Cl2N4O2. The Morgan fingerprint density at radius 3 is 2.30 bits per heavy atom. The number of primary amides is 1. The molecule has 58 valence electrons. The number of nitrogens with zero attached hydrogens (tertiary/aromatic N) is 1. The Bertz CT molecular complexity index is 150. The van der Waals surface area contributed by atoms with Crippen molar-refractivity contribution in [1.82, 2.24) is 14.8 Å². The summed E-state index contributed by atoms with van der Waals surface area (Å²) in [6, 6.07) is -1.86. The fourth-order valence-electron chi connectivity index (χ4n) is 0.185. The van der Waals surface area contributed by atoms with Crippen LogP contribution < -0.4 is 16.0 Å². The molecule has 8 heteroatoms. The maximum absolute atomic E-state index is 10.3. The monoisotopic (exact) mass is 186 g/mol. The van der Waals surface area contributed by atoms with Gasteiger partial charge in [0.2, 0.25) is 0 Å². The zero-order valence-corrected chi connectivity index (χ0v) is 6.11. The third-order valence-electron chi connectivity index (χ3n) is 0.467.